The maximum atomic E-state index is 13.5. The molecule has 1 aromatic carbocycles. The minimum atomic E-state index is -2.93. The monoisotopic (exact) mass is 472 g/mol. The molecule has 11 nitrogen and oxygen atoms in total. The van der Waals surface area contributed by atoms with Gasteiger partial charge in [-0.25, -0.2) is 0 Å². The molecule has 0 aliphatic heterocycles. The van der Waals surface area contributed by atoms with E-state index in [9.17, 15) is 39.6 Å². The fourth-order valence-electron chi connectivity index (χ4n) is 5.78. The van der Waals surface area contributed by atoms with E-state index in [0.717, 1.165) is 0 Å². The number of phenolic OH excluding ortho intramolecular Hbond substituents is 1. The van der Waals surface area contributed by atoms with E-state index in [2.05, 4.69) is 0 Å². The lowest BCUT2D eigenvalue weighted by molar-refractivity contribution is -0.173. The number of aliphatic hydroxyl groups is 3. The molecule has 4 rings (SSSR count). The summed E-state index contributed by atoms with van der Waals surface area (Å²) in [5.74, 6) is -8.98. The molecule has 0 bridgehead atoms. The minimum absolute atomic E-state index is 0.0851. The van der Waals surface area contributed by atoms with Gasteiger partial charge in [-0.1, -0.05) is 19.1 Å². The third kappa shape index (κ3) is 2.77. The highest BCUT2D eigenvalue weighted by Crippen LogP contribution is 2.56. The second-order valence-corrected chi connectivity index (χ2v) is 9.00. The van der Waals surface area contributed by atoms with Crippen LogP contribution in [-0.4, -0.2) is 81.1 Å². The molecule has 3 aliphatic carbocycles. The number of nitrogens with zero attached hydrogens (tertiary/aromatic N) is 1. The molecule has 3 aliphatic rings. The van der Waals surface area contributed by atoms with Crippen LogP contribution in [0.15, 0.2) is 40.9 Å². The van der Waals surface area contributed by atoms with Gasteiger partial charge in [-0.15, -0.1) is 0 Å². The number of benzene rings is 1. The number of Topliss-reactive ketones (excluding diaryl/α,β-unsaturated/α-hetero) is 2. The normalized spacial score (nSPS) is 32.8. The maximum absolute atomic E-state index is 13.5. The van der Waals surface area contributed by atoms with E-state index < -0.39 is 75.6 Å². The molecular weight excluding hydrogens is 448 g/mol. The fourth-order valence-corrected chi connectivity index (χ4v) is 5.78. The van der Waals surface area contributed by atoms with Crippen molar-refractivity contribution in [2.45, 2.75) is 30.6 Å². The summed E-state index contributed by atoms with van der Waals surface area (Å²) in [5.41, 5.74) is 1.30. The number of aromatic hydroxyl groups is 1. The number of carbonyl (C=O) groups is 4. The van der Waals surface area contributed by atoms with Crippen LogP contribution in [0.5, 0.6) is 5.75 Å². The lowest BCUT2D eigenvalue weighted by atomic mass is 9.55. The van der Waals surface area contributed by atoms with Crippen molar-refractivity contribution in [2.24, 2.45) is 17.6 Å². The van der Waals surface area contributed by atoms with Crippen LogP contribution in [-0.2, 0) is 19.1 Å². The molecule has 180 valence electrons. The number of phenols is 1. The van der Waals surface area contributed by atoms with E-state index in [1.54, 1.807) is 13.0 Å². The Morgan fingerprint density at radius 2 is 1.85 bits per heavy atom. The van der Waals surface area contributed by atoms with Gasteiger partial charge in [-0.3, -0.25) is 24.1 Å². The van der Waals surface area contributed by atoms with Crippen LogP contribution in [0.1, 0.15) is 28.8 Å². The summed E-state index contributed by atoms with van der Waals surface area (Å²) in [6, 6.07) is 3.11. The highest BCUT2D eigenvalue weighted by molar-refractivity contribution is 6.25. The quantitative estimate of drug-likeness (QED) is 0.291. The van der Waals surface area contributed by atoms with Crippen molar-refractivity contribution in [3.63, 3.8) is 0 Å². The second kappa shape index (κ2) is 7.67. The number of likely N-dealkylation sites (N-methyl/N-ethyl adjacent to an activating group) is 1. The molecule has 34 heavy (non-hydrogen) atoms. The van der Waals surface area contributed by atoms with E-state index in [1.807, 2.05) is 0 Å². The number of nitrogens with two attached hydrogens (primary N) is 1. The topological polar surface area (TPSA) is 188 Å². The Morgan fingerprint density at radius 1 is 1.21 bits per heavy atom. The van der Waals surface area contributed by atoms with Crippen molar-refractivity contribution in [1.29, 1.82) is 0 Å². The molecule has 0 radical (unpaired) electrons. The summed E-state index contributed by atoms with van der Waals surface area (Å²) in [7, 11) is 2.96. The summed E-state index contributed by atoms with van der Waals surface area (Å²) < 4.78 is 5.34. The van der Waals surface area contributed by atoms with Crippen LogP contribution in [0.4, 0.5) is 0 Å². The zero-order valence-electron chi connectivity index (χ0n) is 18.6. The van der Waals surface area contributed by atoms with Crippen molar-refractivity contribution >= 4 is 23.9 Å². The van der Waals surface area contributed by atoms with Crippen molar-refractivity contribution < 1.29 is 44.3 Å². The number of ether oxygens (including phenoxy) is 1. The number of primary amides is 1. The maximum Gasteiger partial charge on any atom is 0.293 e. The van der Waals surface area contributed by atoms with Crippen molar-refractivity contribution in [2.75, 3.05) is 14.1 Å². The van der Waals surface area contributed by atoms with Gasteiger partial charge in [0.1, 0.15) is 28.9 Å². The van der Waals surface area contributed by atoms with E-state index in [1.165, 1.54) is 31.1 Å². The van der Waals surface area contributed by atoms with Crippen LogP contribution in [0.25, 0.3) is 0 Å². The summed E-state index contributed by atoms with van der Waals surface area (Å²) in [4.78, 5) is 51.8. The number of hydrogen-bond donors (Lipinski definition) is 5. The predicted molar refractivity (Wildman–Crippen MR) is 115 cm³/mol. The van der Waals surface area contributed by atoms with E-state index >= 15 is 0 Å². The Bertz CT molecular complexity index is 1200. The number of ketones is 2. The van der Waals surface area contributed by atoms with Gasteiger partial charge in [0.15, 0.2) is 11.4 Å². The SMILES string of the molecule is C[C@H]1c2cccc(O)c2C(=O)C2=C(O)[C@]3(O)C(=O)C(C(N)=O)=C(O)[C@@H](N(C)C)[C@@H]3[C@@H](OC=O)[C@@H]21. The fraction of sp³-hybridized carbons (Fsp3) is 0.391. The Morgan fingerprint density at radius 3 is 2.41 bits per heavy atom. The Kier molecular flexibility index (Phi) is 5.29. The highest BCUT2D eigenvalue weighted by atomic mass is 16.5. The van der Waals surface area contributed by atoms with Gasteiger partial charge in [0.25, 0.3) is 12.4 Å². The van der Waals surface area contributed by atoms with Gasteiger partial charge in [0.05, 0.1) is 17.5 Å². The van der Waals surface area contributed by atoms with Gasteiger partial charge >= 0.3 is 0 Å². The first-order chi connectivity index (χ1) is 15.9. The number of carbonyl (C=O) groups excluding carboxylic acids is 4. The first-order valence-electron chi connectivity index (χ1n) is 10.5. The number of rotatable bonds is 4. The predicted octanol–water partition coefficient (Wildman–Crippen LogP) is -0.167. The highest BCUT2D eigenvalue weighted by Gasteiger charge is 2.68. The van der Waals surface area contributed by atoms with Gasteiger partial charge in [-0.2, -0.15) is 0 Å². The van der Waals surface area contributed by atoms with E-state index in [-0.39, 0.29) is 17.8 Å². The lowest BCUT2D eigenvalue weighted by Gasteiger charge is -2.54. The van der Waals surface area contributed by atoms with Gasteiger partial charge in [-0.05, 0) is 31.6 Å². The molecule has 0 unspecified atom stereocenters. The molecule has 0 aromatic heterocycles. The molecule has 0 heterocycles. The van der Waals surface area contributed by atoms with Crippen LogP contribution >= 0.6 is 0 Å². The van der Waals surface area contributed by atoms with Gasteiger partial charge in [0, 0.05) is 11.5 Å². The molecule has 1 amide bonds. The summed E-state index contributed by atoms with van der Waals surface area (Å²) in [5, 5.41) is 44.2. The minimum Gasteiger partial charge on any atom is -0.510 e. The largest absolute Gasteiger partial charge is 0.510 e. The molecule has 0 fully saturated rings. The third-order valence-corrected chi connectivity index (χ3v) is 7.18. The number of amides is 1. The van der Waals surface area contributed by atoms with Gasteiger partial charge < -0.3 is 30.9 Å². The summed E-state index contributed by atoms with van der Waals surface area (Å²) in [6.07, 6.45) is -1.39. The first kappa shape index (κ1) is 23.5. The molecule has 0 saturated heterocycles. The average Bonchev–Trinajstić information content (AvgIpc) is 2.75. The van der Waals surface area contributed by atoms with Crippen LogP contribution in [0.3, 0.4) is 0 Å². The Balaban J connectivity index is 2.10. The number of fused-ring (bicyclic) bond motifs is 3. The van der Waals surface area contributed by atoms with E-state index in [0.29, 0.717) is 5.56 Å². The average molecular weight is 472 g/mol. The zero-order chi connectivity index (χ0) is 25.3. The molecule has 1 aromatic rings. The summed E-state index contributed by atoms with van der Waals surface area (Å²) >= 11 is 0. The standard InChI is InChI=1S/C23H24N2O9/c1-8-9-5-4-6-10(27)12(9)17(28)13-11(8)19(34-7-26)15-16(25(2)3)18(29)14(22(24)32)21(31)23(15,33)20(13)30/h4-8,11,15-16,19,27,29-30,33H,1-3H3,(H2,24,32)/t8-,11+,15+,16-,19-,23-/m0/s1. The number of hydrogen-bond acceptors (Lipinski definition) is 10. The van der Waals surface area contributed by atoms with Gasteiger partial charge in [0.2, 0.25) is 5.78 Å². The molecule has 11 heteroatoms. The molecule has 6 N–H and O–H groups in total. The number of aliphatic hydroxyl groups excluding tert-OH is 2. The lowest BCUT2D eigenvalue weighted by Crippen LogP contribution is -2.69. The molecule has 6 atom stereocenters. The van der Waals surface area contributed by atoms with Crippen LogP contribution in [0.2, 0.25) is 0 Å². The van der Waals surface area contributed by atoms with Crippen LogP contribution < -0.4 is 5.73 Å². The smallest absolute Gasteiger partial charge is 0.293 e. The van der Waals surface area contributed by atoms with Crippen molar-refractivity contribution in [3.8, 4) is 5.75 Å². The molecule has 0 saturated carbocycles. The van der Waals surface area contributed by atoms with Crippen molar-refractivity contribution in [3.05, 3.63) is 52.0 Å². The zero-order valence-corrected chi connectivity index (χ0v) is 18.6. The Labute approximate surface area is 193 Å². The third-order valence-electron chi connectivity index (χ3n) is 7.18. The molecule has 0 spiro atoms. The first-order valence-corrected chi connectivity index (χ1v) is 10.5. The van der Waals surface area contributed by atoms with E-state index in [4.69, 9.17) is 10.5 Å². The van der Waals surface area contributed by atoms with Crippen LogP contribution in [0, 0.1) is 11.8 Å². The summed E-state index contributed by atoms with van der Waals surface area (Å²) in [6.45, 7) is 1.76. The molecular formula is C23H24N2O9. The Hall–Kier alpha value is -3.70. The second-order valence-electron chi connectivity index (χ2n) is 9.00. The van der Waals surface area contributed by atoms with Crippen molar-refractivity contribution in [1.82, 2.24) is 4.90 Å².